The van der Waals surface area contributed by atoms with Crippen molar-refractivity contribution in [2.75, 3.05) is 0 Å². The van der Waals surface area contributed by atoms with Gasteiger partial charge >= 0.3 is 31.4 Å². The summed E-state index contributed by atoms with van der Waals surface area (Å²) in [5.41, 5.74) is 12.4. The molecule has 0 spiro atoms. The van der Waals surface area contributed by atoms with Gasteiger partial charge in [-0.2, -0.15) is 0 Å². The van der Waals surface area contributed by atoms with Crippen molar-refractivity contribution in [3.63, 3.8) is 0 Å². The van der Waals surface area contributed by atoms with Crippen molar-refractivity contribution < 1.29 is 39.3 Å². The first-order valence-corrected chi connectivity index (χ1v) is 17.3. The summed E-state index contributed by atoms with van der Waals surface area (Å²) < 4.78 is 0. The predicted molar refractivity (Wildman–Crippen MR) is 212 cm³/mol. The van der Waals surface area contributed by atoms with E-state index in [1.807, 2.05) is 109 Å². The van der Waals surface area contributed by atoms with Gasteiger partial charge in [-0.15, -0.1) is 22.1 Å². The second-order valence-corrected chi connectivity index (χ2v) is 12.9. The number of carboxylic acid groups (broad SMARTS) is 2. The van der Waals surface area contributed by atoms with E-state index in [0.717, 1.165) is 44.5 Å². The number of fused-ring (bicyclic) bond motifs is 8. The molecular weight excluding hydrogens is 738 g/mol. The van der Waals surface area contributed by atoms with Gasteiger partial charge in [-0.25, -0.2) is 19.6 Å². The van der Waals surface area contributed by atoms with Gasteiger partial charge in [0.1, 0.15) is 0 Å². The maximum atomic E-state index is 11.8. The molecule has 0 radical (unpaired) electrons. The van der Waals surface area contributed by atoms with E-state index >= 15 is 0 Å². The molecule has 0 unspecified atom stereocenters. The zero-order valence-corrected chi connectivity index (χ0v) is 32.2. The Balaban J connectivity index is 0.00000427. The van der Waals surface area contributed by atoms with Crippen LogP contribution in [0.3, 0.4) is 0 Å². The minimum Gasteiger partial charge on any atom is -0.657 e. The predicted octanol–water partition coefficient (Wildman–Crippen LogP) is 9.98. The molecule has 0 amide bonds. The maximum Gasteiger partial charge on any atom is 2.00 e. The smallest absolute Gasteiger partial charge is 0.657 e. The first kappa shape index (κ1) is 35.1. The third-order valence-corrected chi connectivity index (χ3v) is 9.58. The fourth-order valence-corrected chi connectivity index (χ4v) is 7.04. The summed E-state index contributed by atoms with van der Waals surface area (Å²) >= 11 is 0. The molecule has 5 heterocycles. The van der Waals surface area contributed by atoms with Gasteiger partial charge in [0.15, 0.2) is 0 Å². The summed E-state index contributed by atoms with van der Waals surface area (Å²) in [5, 5.41) is 19.3. The van der Waals surface area contributed by atoms with Crippen LogP contribution in [-0.2, 0) is 19.5 Å². The third-order valence-electron chi connectivity index (χ3n) is 9.58. The van der Waals surface area contributed by atoms with E-state index in [0.29, 0.717) is 44.8 Å². The van der Waals surface area contributed by atoms with Gasteiger partial charge < -0.3 is 20.2 Å². The minimum absolute atomic E-state index is 0. The van der Waals surface area contributed by atoms with E-state index in [-0.39, 0.29) is 30.6 Å². The standard InChI is InChI=1S/C46H30N4O4.Zn/c51-45(52)31-15-11-29(12-16-31)43-37-23-19-33(47-37)41(27-7-3-1-4-8-27)34-20-24-38(48-34)44(30-13-17-32(18-14-30)46(53)54)40-26-22-36(50-40)42(28-9-5-2-6-10-28)35-21-25-39(43)49-35;/h1-26H,(H4,47,48,49,50,51,52,53,54);/q;+2/p-2. The van der Waals surface area contributed by atoms with E-state index in [2.05, 4.69) is 0 Å². The molecule has 8 bridgehead atoms. The largest absolute Gasteiger partial charge is 2.00 e. The normalized spacial score (nSPS) is 11.6. The number of hydrogen-bond donors (Lipinski definition) is 2. The Morgan fingerprint density at radius 1 is 0.382 bits per heavy atom. The van der Waals surface area contributed by atoms with Gasteiger partial charge in [0.05, 0.1) is 33.9 Å². The average molecular weight is 766 g/mol. The molecule has 2 aliphatic rings. The molecule has 3 aromatic heterocycles. The number of aromatic nitrogens is 4. The summed E-state index contributed by atoms with van der Waals surface area (Å²) in [6.45, 7) is 0. The Morgan fingerprint density at radius 2 is 0.655 bits per heavy atom. The molecule has 7 aromatic rings. The molecule has 0 saturated heterocycles. The molecule has 55 heavy (non-hydrogen) atoms. The number of carbonyl (C=O) groups is 2. The number of aromatic carboxylic acids is 2. The van der Waals surface area contributed by atoms with E-state index < -0.39 is 11.9 Å². The number of rotatable bonds is 6. The van der Waals surface area contributed by atoms with Crippen molar-refractivity contribution in [2.45, 2.75) is 0 Å². The van der Waals surface area contributed by atoms with Crippen molar-refractivity contribution in [1.29, 1.82) is 0 Å². The van der Waals surface area contributed by atoms with Gasteiger partial charge in [0.25, 0.3) is 0 Å². The Labute approximate surface area is 328 Å². The summed E-state index contributed by atoms with van der Waals surface area (Å²) in [5.74, 6) is -2.01. The van der Waals surface area contributed by atoms with Crippen LogP contribution in [0.1, 0.15) is 43.5 Å². The number of hydrogen-bond acceptors (Lipinski definition) is 4. The first-order chi connectivity index (χ1) is 26.4. The van der Waals surface area contributed by atoms with Crippen LogP contribution in [0.15, 0.2) is 133 Å². The van der Waals surface area contributed by atoms with Crippen molar-refractivity contribution in [3.05, 3.63) is 167 Å². The molecule has 258 valence electrons. The summed E-state index contributed by atoms with van der Waals surface area (Å²) in [7, 11) is 0. The van der Waals surface area contributed by atoms with Crippen LogP contribution in [0.5, 0.6) is 0 Å². The second-order valence-electron chi connectivity index (χ2n) is 12.9. The van der Waals surface area contributed by atoms with Gasteiger partial charge in [0, 0.05) is 0 Å². The molecule has 9 heteroatoms. The SMILES string of the molecule is O=C(O)c1ccc(-c2c3nc(c(-c4ccccc4)c4ccc([n-]4)c(-c4ccc(C(=O)O)cc4)c4nc(c(-c5ccccc5)c5ccc2[n-]5)C=C4)C=C3)cc1.[Zn+2]. The molecular formula is C46H28N4O4Zn. The molecule has 0 aliphatic carbocycles. The molecule has 0 fully saturated rings. The van der Waals surface area contributed by atoms with Crippen LogP contribution in [0, 0.1) is 0 Å². The van der Waals surface area contributed by atoms with Gasteiger partial charge in [-0.05, 0) is 93.1 Å². The van der Waals surface area contributed by atoms with E-state index in [1.165, 1.54) is 0 Å². The van der Waals surface area contributed by atoms with Crippen LogP contribution in [-0.4, -0.2) is 32.1 Å². The Kier molecular flexibility index (Phi) is 9.23. The fourth-order valence-electron chi connectivity index (χ4n) is 7.04. The second kappa shape index (κ2) is 14.5. The molecule has 4 aromatic carbocycles. The Morgan fingerprint density at radius 3 is 0.927 bits per heavy atom. The third kappa shape index (κ3) is 6.51. The topological polar surface area (TPSA) is 129 Å². The van der Waals surface area contributed by atoms with Crippen molar-refractivity contribution in [2.24, 2.45) is 0 Å². The van der Waals surface area contributed by atoms with Gasteiger partial charge in [-0.1, -0.05) is 109 Å². The molecule has 8 nitrogen and oxygen atoms in total. The molecule has 2 aliphatic heterocycles. The maximum absolute atomic E-state index is 11.8. The van der Waals surface area contributed by atoms with Crippen LogP contribution >= 0.6 is 0 Å². The summed E-state index contributed by atoms with van der Waals surface area (Å²) in [6, 6.07) is 41.3. The van der Waals surface area contributed by atoms with Crippen LogP contribution in [0.25, 0.3) is 90.9 Å². The fraction of sp³-hybridized carbons (Fsp3) is 0. The minimum atomic E-state index is -1.00. The number of benzene rings is 4. The summed E-state index contributed by atoms with van der Waals surface area (Å²) in [6.07, 6.45) is 7.87. The Hall–Kier alpha value is -6.96. The summed E-state index contributed by atoms with van der Waals surface area (Å²) in [4.78, 5) is 44.4. The van der Waals surface area contributed by atoms with Gasteiger partial charge in [-0.3, -0.25) is 0 Å². The van der Waals surface area contributed by atoms with Gasteiger partial charge in [0.2, 0.25) is 0 Å². The van der Waals surface area contributed by atoms with E-state index in [9.17, 15) is 19.8 Å². The monoisotopic (exact) mass is 764 g/mol. The van der Waals surface area contributed by atoms with Crippen molar-refractivity contribution >= 4 is 58.3 Å². The van der Waals surface area contributed by atoms with E-state index in [1.54, 1.807) is 48.5 Å². The molecule has 0 atom stereocenters. The molecule has 2 N–H and O–H groups in total. The van der Waals surface area contributed by atoms with Crippen LogP contribution < -0.4 is 9.97 Å². The zero-order valence-electron chi connectivity index (χ0n) is 29.2. The molecule has 9 rings (SSSR count). The Bertz CT molecular complexity index is 2660. The average Bonchev–Trinajstić information content (AvgIpc) is 4.04. The van der Waals surface area contributed by atoms with Crippen LogP contribution in [0.2, 0.25) is 0 Å². The number of carboxylic acids is 2. The van der Waals surface area contributed by atoms with Crippen LogP contribution in [0.4, 0.5) is 0 Å². The molecule has 0 saturated carbocycles. The van der Waals surface area contributed by atoms with E-state index in [4.69, 9.17) is 19.9 Å². The zero-order chi connectivity index (χ0) is 36.8. The van der Waals surface area contributed by atoms with Crippen molar-refractivity contribution in [3.8, 4) is 44.5 Å². The number of nitrogens with zero attached hydrogens (tertiary/aromatic N) is 4. The first-order valence-electron chi connectivity index (χ1n) is 17.3. The quantitative estimate of drug-likeness (QED) is 0.160. The van der Waals surface area contributed by atoms with Crippen molar-refractivity contribution in [1.82, 2.24) is 19.9 Å².